The number of hydrogen-bond acceptors (Lipinski definition) is 7. The van der Waals surface area contributed by atoms with E-state index >= 15 is 0 Å². The summed E-state index contributed by atoms with van der Waals surface area (Å²) in [5, 5.41) is 6.06. The Bertz CT molecular complexity index is 937. The molecule has 2 heterocycles. The van der Waals surface area contributed by atoms with E-state index in [1.165, 1.54) is 11.0 Å². The second-order valence-corrected chi connectivity index (χ2v) is 6.14. The summed E-state index contributed by atoms with van der Waals surface area (Å²) >= 11 is 1.07. The third kappa shape index (κ3) is 4.04. The van der Waals surface area contributed by atoms with Crippen LogP contribution >= 0.6 is 11.8 Å². The van der Waals surface area contributed by atoms with Gasteiger partial charge in [-0.3, -0.25) is 0 Å². The highest BCUT2D eigenvalue weighted by atomic mass is 32.2. The lowest BCUT2D eigenvalue weighted by Crippen LogP contribution is -2.05. The number of ether oxygens (including phenoxy) is 2. The Morgan fingerprint density at radius 1 is 1.19 bits per heavy atom. The largest absolute Gasteiger partial charge is 0.476 e. The van der Waals surface area contributed by atoms with E-state index in [9.17, 15) is 4.79 Å². The Morgan fingerprint density at radius 2 is 2.00 bits per heavy atom. The summed E-state index contributed by atoms with van der Waals surface area (Å²) in [5.41, 5.74) is 2.28. The van der Waals surface area contributed by atoms with Crippen molar-refractivity contribution in [2.24, 2.45) is 7.05 Å². The SMILES string of the molecule is CCOc1nc(SC=C=O)nc2c(OCCc3ccccc3)n(C)nc12. The molecule has 0 saturated carbocycles. The van der Waals surface area contributed by atoms with Gasteiger partial charge in [-0.05, 0) is 24.2 Å². The van der Waals surface area contributed by atoms with Crippen molar-refractivity contribution >= 4 is 28.7 Å². The zero-order valence-electron chi connectivity index (χ0n) is 14.5. The number of carbonyl (C=O) groups excluding carboxylic acids is 1. The maximum atomic E-state index is 10.5. The minimum Gasteiger partial charge on any atom is -0.476 e. The molecule has 0 aliphatic rings. The summed E-state index contributed by atoms with van der Waals surface area (Å²) in [7, 11) is 1.79. The van der Waals surface area contributed by atoms with Crippen LogP contribution in [0.2, 0.25) is 0 Å². The summed E-state index contributed by atoms with van der Waals surface area (Å²) < 4.78 is 13.1. The molecule has 0 atom stereocenters. The monoisotopic (exact) mass is 370 g/mol. The average molecular weight is 370 g/mol. The highest BCUT2D eigenvalue weighted by molar-refractivity contribution is 8.02. The van der Waals surface area contributed by atoms with Crippen LogP contribution in [0.3, 0.4) is 0 Å². The van der Waals surface area contributed by atoms with Crippen LogP contribution in [-0.4, -0.2) is 38.9 Å². The molecular weight excluding hydrogens is 352 g/mol. The fourth-order valence-electron chi connectivity index (χ4n) is 2.44. The van der Waals surface area contributed by atoms with Gasteiger partial charge >= 0.3 is 0 Å². The van der Waals surface area contributed by atoms with E-state index in [0.29, 0.717) is 41.2 Å². The molecule has 0 N–H and O–H groups in total. The van der Waals surface area contributed by atoms with E-state index < -0.39 is 0 Å². The van der Waals surface area contributed by atoms with Gasteiger partial charge in [0.15, 0.2) is 16.2 Å². The van der Waals surface area contributed by atoms with Gasteiger partial charge in [0.2, 0.25) is 11.8 Å². The molecule has 3 aromatic rings. The first-order valence-electron chi connectivity index (χ1n) is 8.13. The second-order valence-electron chi connectivity index (χ2n) is 5.31. The van der Waals surface area contributed by atoms with Gasteiger partial charge in [0.25, 0.3) is 0 Å². The van der Waals surface area contributed by atoms with E-state index in [2.05, 4.69) is 27.2 Å². The summed E-state index contributed by atoms with van der Waals surface area (Å²) in [4.78, 5) is 19.2. The molecule has 134 valence electrons. The maximum Gasteiger partial charge on any atom is 0.246 e. The smallest absolute Gasteiger partial charge is 0.246 e. The van der Waals surface area contributed by atoms with Crippen LogP contribution in [0.15, 0.2) is 40.9 Å². The van der Waals surface area contributed by atoms with Gasteiger partial charge in [0.1, 0.15) is 5.94 Å². The van der Waals surface area contributed by atoms with Crippen molar-refractivity contribution in [1.29, 1.82) is 0 Å². The van der Waals surface area contributed by atoms with E-state index in [1.54, 1.807) is 17.7 Å². The number of hydrogen-bond donors (Lipinski definition) is 0. The van der Waals surface area contributed by atoms with Gasteiger partial charge in [-0.25, -0.2) is 14.5 Å². The van der Waals surface area contributed by atoms with Gasteiger partial charge in [-0.1, -0.05) is 30.3 Å². The lowest BCUT2D eigenvalue weighted by atomic mass is 10.2. The highest BCUT2D eigenvalue weighted by Crippen LogP contribution is 2.31. The molecule has 0 aliphatic heterocycles. The first kappa shape index (κ1) is 18.0. The Kier molecular flexibility index (Phi) is 5.88. The number of thioether (sulfide) groups is 1. The van der Waals surface area contributed by atoms with E-state index in [-0.39, 0.29) is 0 Å². The van der Waals surface area contributed by atoms with Crippen molar-refractivity contribution in [1.82, 2.24) is 19.7 Å². The topological polar surface area (TPSA) is 79.1 Å². The lowest BCUT2D eigenvalue weighted by molar-refractivity contribution is 0.296. The third-order valence-electron chi connectivity index (χ3n) is 3.54. The normalized spacial score (nSPS) is 10.5. The maximum absolute atomic E-state index is 10.5. The predicted molar refractivity (Wildman–Crippen MR) is 99.2 cm³/mol. The number of nitrogens with zero attached hydrogens (tertiary/aromatic N) is 4. The van der Waals surface area contributed by atoms with Gasteiger partial charge in [-0.15, -0.1) is 0 Å². The minimum absolute atomic E-state index is 0.368. The van der Waals surface area contributed by atoms with E-state index in [4.69, 9.17) is 9.47 Å². The molecule has 2 aromatic heterocycles. The van der Waals surface area contributed by atoms with Crippen LogP contribution in [0.1, 0.15) is 12.5 Å². The molecule has 26 heavy (non-hydrogen) atoms. The van der Waals surface area contributed by atoms with Gasteiger partial charge < -0.3 is 9.47 Å². The summed E-state index contributed by atoms with van der Waals surface area (Å²) in [5.74, 6) is 2.61. The number of aryl methyl sites for hydroxylation is 1. The van der Waals surface area contributed by atoms with Crippen molar-refractivity contribution in [2.45, 2.75) is 18.5 Å². The van der Waals surface area contributed by atoms with Crippen LogP contribution in [0.5, 0.6) is 11.8 Å². The number of aromatic nitrogens is 4. The fraction of sp³-hybridized carbons (Fsp3) is 0.278. The van der Waals surface area contributed by atoms with Crippen molar-refractivity contribution < 1.29 is 14.3 Å². The molecule has 8 heteroatoms. The average Bonchev–Trinajstić information content (AvgIpc) is 2.97. The van der Waals surface area contributed by atoms with E-state index in [1.807, 2.05) is 25.1 Å². The molecule has 0 amide bonds. The van der Waals surface area contributed by atoms with Crippen molar-refractivity contribution in [3.8, 4) is 11.8 Å². The Balaban J connectivity index is 1.89. The molecule has 0 spiro atoms. The first-order valence-corrected chi connectivity index (χ1v) is 9.01. The molecule has 7 nitrogen and oxygen atoms in total. The lowest BCUT2D eigenvalue weighted by Gasteiger charge is -2.07. The third-order valence-corrected chi connectivity index (χ3v) is 4.15. The molecule has 0 fully saturated rings. The molecule has 1 aromatic carbocycles. The molecule has 0 saturated heterocycles. The number of benzene rings is 1. The summed E-state index contributed by atoms with van der Waals surface area (Å²) in [6.45, 7) is 2.80. The zero-order valence-corrected chi connectivity index (χ0v) is 15.3. The second kappa shape index (κ2) is 8.51. The standard InChI is InChI=1S/C18H18N4O3S/c1-3-24-16-14-15(19-18(20-16)26-12-10-23)17(22(2)21-14)25-11-9-13-7-5-4-6-8-13/h4-8,12H,3,9,11H2,1-2H3. The first-order chi connectivity index (χ1) is 12.7. The molecular formula is C18H18N4O3S. The summed E-state index contributed by atoms with van der Waals surface area (Å²) in [6, 6.07) is 10.1. The van der Waals surface area contributed by atoms with Crippen molar-refractivity contribution in [3.63, 3.8) is 0 Å². The zero-order chi connectivity index (χ0) is 18.4. The molecule has 0 radical (unpaired) electrons. The highest BCUT2D eigenvalue weighted by Gasteiger charge is 2.19. The minimum atomic E-state index is 0.368. The van der Waals surface area contributed by atoms with Crippen LogP contribution in [0.4, 0.5) is 0 Å². The Morgan fingerprint density at radius 3 is 2.73 bits per heavy atom. The van der Waals surface area contributed by atoms with Gasteiger partial charge in [0, 0.05) is 13.5 Å². The Hall–Kier alpha value is -2.83. The van der Waals surface area contributed by atoms with Crippen LogP contribution in [0.25, 0.3) is 11.0 Å². The predicted octanol–water partition coefficient (Wildman–Crippen LogP) is 2.82. The molecule has 0 unspecified atom stereocenters. The van der Waals surface area contributed by atoms with Crippen molar-refractivity contribution in [2.75, 3.05) is 13.2 Å². The fourth-order valence-corrected chi connectivity index (χ4v) is 2.87. The van der Waals surface area contributed by atoms with Gasteiger partial charge in [-0.2, -0.15) is 10.1 Å². The van der Waals surface area contributed by atoms with E-state index in [0.717, 1.165) is 18.2 Å². The Labute approximate surface area is 155 Å². The van der Waals surface area contributed by atoms with Crippen LogP contribution in [-0.2, 0) is 18.3 Å². The number of fused-ring (bicyclic) bond motifs is 1. The summed E-state index contributed by atoms with van der Waals surface area (Å²) in [6.07, 6.45) is 0.770. The van der Waals surface area contributed by atoms with Crippen LogP contribution in [0, 0.1) is 0 Å². The number of rotatable bonds is 8. The molecule has 0 bridgehead atoms. The van der Waals surface area contributed by atoms with Gasteiger partial charge in [0.05, 0.1) is 18.6 Å². The quantitative estimate of drug-likeness (QED) is 0.343. The van der Waals surface area contributed by atoms with Crippen LogP contribution < -0.4 is 9.47 Å². The molecule has 3 rings (SSSR count). The van der Waals surface area contributed by atoms with Crippen molar-refractivity contribution in [3.05, 3.63) is 41.3 Å². The molecule has 0 aliphatic carbocycles.